The molecule has 0 spiro atoms. The number of aromatic nitrogens is 1. The second-order valence-corrected chi connectivity index (χ2v) is 2.94. The van der Waals surface area contributed by atoms with Crippen molar-refractivity contribution in [3.63, 3.8) is 0 Å². The van der Waals surface area contributed by atoms with Crippen LogP contribution in [-0.4, -0.2) is 18.4 Å². The van der Waals surface area contributed by atoms with Gasteiger partial charge < -0.3 is 4.74 Å². The van der Waals surface area contributed by atoms with Gasteiger partial charge in [0.2, 0.25) is 5.88 Å². The Morgan fingerprint density at radius 2 is 2.00 bits per heavy atom. The number of carbonyl (C=O) groups is 1. The van der Waals surface area contributed by atoms with E-state index in [1.807, 2.05) is 0 Å². The van der Waals surface area contributed by atoms with Gasteiger partial charge in [-0.25, -0.2) is 13.8 Å². The number of halogens is 5. The average Bonchev–Trinajstić information content (AvgIpc) is 2.25. The van der Waals surface area contributed by atoms with Crippen LogP contribution in [0, 0.1) is 0 Å². The highest BCUT2D eigenvalue weighted by Crippen LogP contribution is 2.38. The van der Waals surface area contributed by atoms with Gasteiger partial charge in [-0.1, -0.05) is 0 Å². The van der Waals surface area contributed by atoms with Crippen LogP contribution in [0.2, 0.25) is 0 Å². The van der Waals surface area contributed by atoms with Gasteiger partial charge in [-0.2, -0.15) is 13.2 Å². The molecule has 0 saturated carbocycles. The number of pyridine rings is 1. The Morgan fingerprint density at radius 1 is 1.41 bits per heavy atom. The van der Waals surface area contributed by atoms with Gasteiger partial charge in [-0.15, -0.1) is 0 Å². The standard InChI is InChI=1S/C9H6F5NO2/c1-17-8-6(9(12,13)14)4(3-16)2-5(15-8)7(10)11/h2-3,7H,1H3. The van der Waals surface area contributed by atoms with Crippen molar-refractivity contribution >= 4 is 6.29 Å². The van der Waals surface area contributed by atoms with Crippen LogP contribution in [0.5, 0.6) is 5.88 Å². The van der Waals surface area contributed by atoms with Gasteiger partial charge in [0.25, 0.3) is 6.43 Å². The van der Waals surface area contributed by atoms with E-state index in [0.29, 0.717) is 6.07 Å². The van der Waals surface area contributed by atoms with Gasteiger partial charge in [0.05, 0.1) is 7.11 Å². The highest BCUT2D eigenvalue weighted by atomic mass is 19.4. The Bertz CT molecular complexity index is 430. The molecule has 94 valence electrons. The Hall–Kier alpha value is -1.73. The molecule has 1 heterocycles. The lowest BCUT2D eigenvalue weighted by molar-refractivity contribution is -0.139. The SMILES string of the molecule is COc1nc(C(F)F)cc(C=O)c1C(F)(F)F. The molecule has 0 bridgehead atoms. The first kappa shape index (κ1) is 13.3. The summed E-state index contributed by atoms with van der Waals surface area (Å²) in [6.45, 7) is 0. The normalized spacial score (nSPS) is 11.7. The quantitative estimate of drug-likeness (QED) is 0.615. The number of carbonyl (C=O) groups excluding carboxylic acids is 1. The highest BCUT2D eigenvalue weighted by Gasteiger charge is 2.39. The van der Waals surface area contributed by atoms with Crippen molar-refractivity contribution in [3.05, 3.63) is 22.9 Å². The Balaban J connectivity index is 3.53. The number of hydrogen-bond donors (Lipinski definition) is 0. The Morgan fingerprint density at radius 3 is 2.35 bits per heavy atom. The number of rotatable bonds is 3. The minimum Gasteiger partial charge on any atom is -0.481 e. The molecule has 0 atom stereocenters. The fraction of sp³-hybridized carbons (Fsp3) is 0.333. The van der Waals surface area contributed by atoms with Crippen LogP contribution in [0.1, 0.15) is 28.0 Å². The van der Waals surface area contributed by atoms with E-state index in [4.69, 9.17) is 0 Å². The van der Waals surface area contributed by atoms with Crippen molar-refractivity contribution in [2.45, 2.75) is 12.6 Å². The number of nitrogens with zero attached hydrogens (tertiary/aromatic N) is 1. The molecular formula is C9H6F5NO2. The molecule has 0 aliphatic heterocycles. The zero-order chi connectivity index (χ0) is 13.2. The van der Waals surface area contributed by atoms with E-state index in [-0.39, 0.29) is 6.29 Å². The molecule has 0 unspecified atom stereocenters. The smallest absolute Gasteiger partial charge is 0.422 e. The topological polar surface area (TPSA) is 39.2 Å². The lowest BCUT2D eigenvalue weighted by Crippen LogP contribution is -2.13. The summed E-state index contributed by atoms with van der Waals surface area (Å²) in [5, 5.41) is 0. The van der Waals surface area contributed by atoms with E-state index in [0.717, 1.165) is 7.11 Å². The van der Waals surface area contributed by atoms with Gasteiger partial charge in [-0.05, 0) is 6.07 Å². The third-order valence-electron chi connectivity index (χ3n) is 1.86. The molecule has 1 rings (SSSR count). The van der Waals surface area contributed by atoms with Crippen LogP contribution in [-0.2, 0) is 6.18 Å². The largest absolute Gasteiger partial charge is 0.481 e. The number of ether oxygens (including phenoxy) is 1. The van der Waals surface area contributed by atoms with Crippen LogP contribution in [0.4, 0.5) is 22.0 Å². The van der Waals surface area contributed by atoms with Crippen molar-refractivity contribution in [2.24, 2.45) is 0 Å². The van der Waals surface area contributed by atoms with Crippen molar-refractivity contribution in [1.29, 1.82) is 0 Å². The second kappa shape index (κ2) is 4.64. The average molecular weight is 255 g/mol. The molecule has 0 saturated heterocycles. The maximum atomic E-state index is 12.5. The molecule has 0 aliphatic rings. The molecule has 0 fully saturated rings. The van der Waals surface area contributed by atoms with Gasteiger partial charge in [0, 0.05) is 5.56 Å². The van der Waals surface area contributed by atoms with E-state index < -0.39 is 35.3 Å². The van der Waals surface area contributed by atoms with E-state index >= 15 is 0 Å². The monoisotopic (exact) mass is 255 g/mol. The first-order valence-electron chi connectivity index (χ1n) is 4.20. The molecule has 1 aromatic heterocycles. The molecule has 0 aromatic carbocycles. The van der Waals surface area contributed by atoms with E-state index in [1.165, 1.54) is 0 Å². The summed E-state index contributed by atoms with van der Waals surface area (Å²) in [4.78, 5) is 13.5. The Labute approximate surface area is 92.2 Å². The van der Waals surface area contributed by atoms with Crippen LogP contribution in [0.3, 0.4) is 0 Å². The van der Waals surface area contributed by atoms with Gasteiger partial charge in [0.15, 0.2) is 6.29 Å². The number of methoxy groups -OCH3 is 1. The fourth-order valence-corrected chi connectivity index (χ4v) is 1.20. The predicted octanol–water partition coefficient (Wildman–Crippen LogP) is 2.86. The summed E-state index contributed by atoms with van der Waals surface area (Å²) in [5.74, 6) is -1.04. The van der Waals surface area contributed by atoms with Gasteiger partial charge in [-0.3, -0.25) is 4.79 Å². The van der Waals surface area contributed by atoms with E-state index in [2.05, 4.69) is 9.72 Å². The van der Waals surface area contributed by atoms with Crippen molar-refractivity contribution in [3.8, 4) is 5.88 Å². The molecule has 3 nitrogen and oxygen atoms in total. The van der Waals surface area contributed by atoms with Crippen LogP contribution >= 0.6 is 0 Å². The molecule has 0 aliphatic carbocycles. The Kier molecular flexibility index (Phi) is 3.64. The van der Waals surface area contributed by atoms with Crippen molar-refractivity contribution in [1.82, 2.24) is 4.98 Å². The molecular weight excluding hydrogens is 249 g/mol. The van der Waals surface area contributed by atoms with Gasteiger partial charge >= 0.3 is 6.18 Å². The molecule has 17 heavy (non-hydrogen) atoms. The summed E-state index contributed by atoms with van der Waals surface area (Å²) < 4.78 is 66.6. The summed E-state index contributed by atoms with van der Waals surface area (Å²) in [6, 6.07) is 0.392. The van der Waals surface area contributed by atoms with Crippen LogP contribution in [0.15, 0.2) is 6.07 Å². The zero-order valence-electron chi connectivity index (χ0n) is 8.39. The summed E-state index contributed by atoms with van der Waals surface area (Å²) in [6.07, 6.45) is -8.17. The fourth-order valence-electron chi connectivity index (χ4n) is 1.20. The molecule has 0 amide bonds. The maximum absolute atomic E-state index is 12.5. The van der Waals surface area contributed by atoms with E-state index in [9.17, 15) is 26.7 Å². The van der Waals surface area contributed by atoms with E-state index in [1.54, 1.807) is 0 Å². The third-order valence-corrected chi connectivity index (χ3v) is 1.86. The lowest BCUT2D eigenvalue weighted by Gasteiger charge is -2.14. The van der Waals surface area contributed by atoms with Crippen LogP contribution < -0.4 is 4.74 Å². The van der Waals surface area contributed by atoms with Crippen molar-refractivity contribution in [2.75, 3.05) is 7.11 Å². The van der Waals surface area contributed by atoms with Gasteiger partial charge in [0.1, 0.15) is 11.3 Å². The summed E-state index contributed by atoms with van der Waals surface area (Å²) in [5.41, 5.74) is -3.34. The highest BCUT2D eigenvalue weighted by molar-refractivity contribution is 5.79. The number of aldehydes is 1. The minimum absolute atomic E-state index is 0.168. The summed E-state index contributed by atoms with van der Waals surface area (Å²) in [7, 11) is 0.849. The van der Waals surface area contributed by atoms with Crippen LogP contribution in [0.25, 0.3) is 0 Å². The molecule has 0 radical (unpaired) electrons. The lowest BCUT2D eigenvalue weighted by atomic mass is 10.1. The number of alkyl halides is 5. The first-order valence-corrected chi connectivity index (χ1v) is 4.20. The molecule has 0 N–H and O–H groups in total. The second-order valence-electron chi connectivity index (χ2n) is 2.94. The minimum atomic E-state index is -4.91. The zero-order valence-corrected chi connectivity index (χ0v) is 8.39. The maximum Gasteiger partial charge on any atom is 0.422 e. The summed E-state index contributed by atoms with van der Waals surface area (Å²) >= 11 is 0. The molecule has 1 aromatic rings. The van der Waals surface area contributed by atoms with Crippen molar-refractivity contribution < 1.29 is 31.5 Å². The first-order chi connectivity index (χ1) is 7.81. The predicted molar refractivity (Wildman–Crippen MR) is 46.1 cm³/mol. The number of hydrogen-bond acceptors (Lipinski definition) is 3. The third kappa shape index (κ3) is 2.69. The molecule has 8 heteroatoms.